The summed E-state index contributed by atoms with van der Waals surface area (Å²) in [5, 5.41) is 8.08. The number of hydrogen-bond acceptors (Lipinski definition) is 2. The van der Waals surface area contributed by atoms with E-state index in [2.05, 4.69) is 24.5 Å². The molecule has 1 rings (SSSR count). The van der Waals surface area contributed by atoms with Crippen LogP contribution in [0, 0.1) is 0 Å². The fourth-order valence-electron chi connectivity index (χ4n) is 0.173. The summed E-state index contributed by atoms with van der Waals surface area (Å²) in [4.78, 5) is 0. The zero-order chi connectivity index (χ0) is 8.41. The molecule has 1 heterocycles. The van der Waals surface area contributed by atoms with Gasteiger partial charge in [0.05, 0.1) is 13.2 Å². The van der Waals surface area contributed by atoms with Crippen molar-refractivity contribution in [3.63, 3.8) is 0 Å². The van der Waals surface area contributed by atoms with Crippen LogP contribution >= 0.6 is 0 Å². The number of aliphatic hydroxyl groups excluding tert-OH is 1. The first-order valence-electron chi connectivity index (χ1n) is 3.14. The van der Waals surface area contributed by atoms with Crippen molar-refractivity contribution in [1.82, 2.24) is 0 Å². The van der Waals surface area contributed by atoms with Crippen LogP contribution in [0.4, 0.5) is 0 Å². The van der Waals surface area contributed by atoms with Gasteiger partial charge in [0.2, 0.25) is 0 Å². The molecule has 0 aliphatic carbocycles. The van der Waals surface area contributed by atoms with Gasteiger partial charge < -0.3 is 9.84 Å². The summed E-state index contributed by atoms with van der Waals surface area (Å²) in [7, 11) is 0. The van der Waals surface area contributed by atoms with Gasteiger partial charge in [0.25, 0.3) is 0 Å². The lowest BCUT2D eigenvalue weighted by Crippen LogP contribution is -1.88. The van der Waals surface area contributed by atoms with E-state index in [0.717, 1.165) is 6.61 Å². The van der Waals surface area contributed by atoms with Crippen molar-refractivity contribution in [3.8, 4) is 0 Å². The van der Waals surface area contributed by atoms with Gasteiger partial charge in [-0.1, -0.05) is 6.08 Å². The quantitative estimate of drug-likeness (QED) is 0.445. The normalized spacial score (nSPS) is 18.8. The maximum atomic E-state index is 8.08. The topological polar surface area (TPSA) is 32.8 Å². The van der Waals surface area contributed by atoms with Gasteiger partial charge in [-0.3, -0.25) is 0 Å². The Morgan fingerprint density at radius 2 is 2.00 bits per heavy atom. The van der Waals surface area contributed by atoms with E-state index in [9.17, 15) is 0 Å². The van der Waals surface area contributed by atoms with E-state index in [1.165, 1.54) is 0 Å². The second kappa shape index (κ2) is 11.2. The molecule has 60 valence electrons. The molecular formula is C8H16O2. The van der Waals surface area contributed by atoms with E-state index < -0.39 is 0 Å². The van der Waals surface area contributed by atoms with Crippen molar-refractivity contribution in [3.05, 3.63) is 25.8 Å². The van der Waals surface area contributed by atoms with E-state index in [-0.39, 0.29) is 12.7 Å². The van der Waals surface area contributed by atoms with E-state index in [1.54, 1.807) is 6.08 Å². The van der Waals surface area contributed by atoms with Crippen molar-refractivity contribution in [2.24, 2.45) is 0 Å². The fraction of sp³-hybridized carbons (Fsp3) is 0.500. The Morgan fingerprint density at radius 3 is 2.00 bits per heavy atom. The minimum absolute atomic E-state index is 0.190. The Labute approximate surface area is 62.8 Å². The minimum atomic E-state index is 0.190. The first-order valence-corrected chi connectivity index (χ1v) is 3.14. The van der Waals surface area contributed by atoms with E-state index in [1.807, 2.05) is 6.92 Å². The van der Waals surface area contributed by atoms with E-state index in [0.29, 0.717) is 0 Å². The van der Waals surface area contributed by atoms with Crippen LogP contribution in [-0.4, -0.2) is 24.4 Å². The molecule has 1 fully saturated rings. The molecule has 0 bridgehead atoms. The zero-order valence-electron chi connectivity index (χ0n) is 6.55. The molecule has 0 aromatic heterocycles. The molecule has 0 saturated carbocycles. The van der Waals surface area contributed by atoms with Gasteiger partial charge in [-0.15, -0.1) is 19.7 Å². The van der Waals surface area contributed by atoms with Crippen LogP contribution in [0.1, 0.15) is 6.92 Å². The average Bonchev–Trinajstić information content (AvgIpc) is 2.75. The van der Waals surface area contributed by atoms with Gasteiger partial charge in [0.15, 0.2) is 0 Å². The Kier molecular flexibility index (Phi) is 13.6. The maximum Gasteiger partial charge on any atom is 0.104 e. The zero-order valence-corrected chi connectivity index (χ0v) is 6.55. The predicted octanol–water partition coefficient (Wildman–Crippen LogP) is 1.37. The highest BCUT2D eigenvalue weighted by atomic mass is 16.6. The van der Waals surface area contributed by atoms with Crippen LogP contribution in [0.5, 0.6) is 0 Å². The number of hydrogen-bond donors (Lipinski definition) is 1. The van der Waals surface area contributed by atoms with Gasteiger partial charge in [-0.2, -0.15) is 0 Å². The van der Waals surface area contributed by atoms with Crippen LogP contribution in [0.2, 0.25) is 0 Å². The summed E-state index contributed by atoms with van der Waals surface area (Å²) in [5.41, 5.74) is 0. The number of allylic oxidation sites excluding steroid dienone is 1. The summed E-state index contributed by atoms with van der Waals surface area (Å²) in [6.45, 7) is 12.2. The van der Waals surface area contributed by atoms with Crippen molar-refractivity contribution < 1.29 is 9.84 Å². The molecule has 0 radical (unpaired) electrons. The predicted molar refractivity (Wildman–Crippen MR) is 44.0 cm³/mol. The summed E-state index contributed by atoms with van der Waals surface area (Å²) in [5.74, 6) is 0. The molecule has 10 heavy (non-hydrogen) atoms. The first kappa shape index (κ1) is 12.1. The molecule has 1 saturated heterocycles. The smallest absolute Gasteiger partial charge is 0.104 e. The summed E-state index contributed by atoms with van der Waals surface area (Å²) in [6.07, 6.45) is 1.94. The number of rotatable bonds is 1. The SMILES string of the molecule is C=C.C=CC.OCC1CO1. The Balaban J connectivity index is 0. The second-order valence-electron chi connectivity index (χ2n) is 1.55. The first-order chi connectivity index (χ1) is 4.85. The molecule has 1 aliphatic rings. The van der Waals surface area contributed by atoms with Crippen molar-refractivity contribution in [2.75, 3.05) is 13.2 Å². The summed E-state index contributed by atoms with van der Waals surface area (Å²) < 4.78 is 4.61. The third-order valence-electron chi connectivity index (χ3n) is 0.606. The minimum Gasteiger partial charge on any atom is -0.394 e. The fourth-order valence-corrected chi connectivity index (χ4v) is 0.173. The van der Waals surface area contributed by atoms with Crippen LogP contribution < -0.4 is 0 Å². The van der Waals surface area contributed by atoms with Crippen LogP contribution in [-0.2, 0) is 4.74 Å². The Bertz CT molecular complexity index is 67.7. The van der Waals surface area contributed by atoms with E-state index in [4.69, 9.17) is 5.11 Å². The molecule has 2 heteroatoms. The van der Waals surface area contributed by atoms with Crippen LogP contribution in [0.15, 0.2) is 25.8 Å². The summed E-state index contributed by atoms with van der Waals surface area (Å²) in [6, 6.07) is 0. The van der Waals surface area contributed by atoms with Gasteiger partial charge >= 0.3 is 0 Å². The molecule has 1 N–H and O–H groups in total. The van der Waals surface area contributed by atoms with Crippen LogP contribution in [0.3, 0.4) is 0 Å². The third kappa shape index (κ3) is 15.7. The van der Waals surface area contributed by atoms with Crippen molar-refractivity contribution in [1.29, 1.82) is 0 Å². The Hall–Kier alpha value is -0.600. The third-order valence-corrected chi connectivity index (χ3v) is 0.606. The van der Waals surface area contributed by atoms with Gasteiger partial charge in [-0.05, 0) is 6.92 Å². The van der Waals surface area contributed by atoms with Crippen molar-refractivity contribution in [2.45, 2.75) is 13.0 Å². The molecule has 1 unspecified atom stereocenters. The highest BCUT2D eigenvalue weighted by Crippen LogP contribution is 2.04. The van der Waals surface area contributed by atoms with Gasteiger partial charge in [0.1, 0.15) is 6.10 Å². The molecule has 0 amide bonds. The molecular weight excluding hydrogens is 128 g/mol. The largest absolute Gasteiger partial charge is 0.394 e. The lowest BCUT2D eigenvalue weighted by molar-refractivity contribution is 0.244. The van der Waals surface area contributed by atoms with Crippen molar-refractivity contribution >= 4 is 0 Å². The highest BCUT2D eigenvalue weighted by Gasteiger charge is 2.19. The van der Waals surface area contributed by atoms with Crippen LogP contribution in [0.25, 0.3) is 0 Å². The highest BCUT2D eigenvalue weighted by molar-refractivity contribution is 4.65. The number of epoxide rings is 1. The van der Waals surface area contributed by atoms with Gasteiger partial charge in [-0.25, -0.2) is 0 Å². The molecule has 1 atom stereocenters. The maximum absolute atomic E-state index is 8.08. The molecule has 0 spiro atoms. The molecule has 2 nitrogen and oxygen atoms in total. The lowest BCUT2D eigenvalue weighted by atomic mass is 10.5. The molecule has 1 aliphatic heterocycles. The monoisotopic (exact) mass is 144 g/mol. The van der Waals surface area contributed by atoms with Gasteiger partial charge in [0, 0.05) is 0 Å². The standard InChI is InChI=1S/C3H6O2.C3H6.C2H4/c4-1-3-2-5-3;1-3-2;1-2/h3-4H,1-2H2;3H,1H2,2H3;1-2H2. The second-order valence-corrected chi connectivity index (χ2v) is 1.55. The Morgan fingerprint density at radius 1 is 1.70 bits per heavy atom. The molecule has 0 aromatic carbocycles. The number of ether oxygens (including phenoxy) is 1. The summed E-state index contributed by atoms with van der Waals surface area (Å²) >= 11 is 0. The van der Waals surface area contributed by atoms with E-state index >= 15 is 0 Å². The lowest BCUT2D eigenvalue weighted by Gasteiger charge is -1.70. The molecule has 0 aromatic rings. The number of aliphatic hydroxyl groups is 1. The average molecular weight is 144 g/mol.